The van der Waals surface area contributed by atoms with Gasteiger partial charge in [0.05, 0.1) is 6.04 Å². The second-order valence-corrected chi connectivity index (χ2v) is 6.61. The van der Waals surface area contributed by atoms with E-state index in [9.17, 15) is 18.4 Å². The van der Waals surface area contributed by atoms with Gasteiger partial charge in [-0.2, -0.15) is 0 Å². The number of hydrogen-bond acceptors (Lipinski definition) is 2. The lowest BCUT2D eigenvalue weighted by molar-refractivity contribution is -0.0901. The monoisotopic (exact) mass is 346 g/mol. The zero-order chi connectivity index (χ0) is 18.2. The first-order valence-corrected chi connectivity index (χ1v) is 8.24. The molecule has 132 valence electrons. The number of aromatic nitrogens is 1. The first kappa shape index (κ1) is 17.3. The van der Waals surface area contributed by atoms with Crippen LogP contribution in [-0.4, -0.2) is 22.4 Å². The van der Waals surface area contributed by atoms with E-state index in [1.54, 1.807) is 19.2 Å². The molecule has 1 unspecified atom stereocenters. The Bertz CT molecular complexity index is 838. The van der Waals surface area contributed by atoms with Gasteiger partial charge in [-0.25, -0.2) is 8.78 Å². The van der Waals surface area contributed by atoms with E-state index in [4.69, 9.17) is 0 Å². The number of benzene rings is 1. The number of nitrogens with one attached hydrogen (secondary N) is 1. The van der Waals surface area contributed by atoms with E-state index in [1.807, 2.05) is 37.3 Å². The zero-order valence-corrected chi connectivity index (χ0v) is 14.1. The largest absolute Gasteiger partial charge is 0.349 e. The second-order valence-electron chi connectivity index (χ2n) is 6.61. The van der Waals surface area contributed by atoms with Crippen LogP contribution in [0.2, 0.25) is 0 Å². The highest BCUT2D eigenvalue weighted by molar-refractivity contribution is 5.95. The molecule has 1 aromatic carbocycles. The molecule has 3 rings (SSSR count). The third kappa shape index (κ3) is 3.48. The maximum atomic E-state index is 12.9. The van der Waals surface area contributed by atoms with Crippen LogP contribution in [0.1, 0.15) is 47.3 Å². The molecule has 1 aliphatic carbocycles. The molecule has 4 nitrogen and oxygen atoms in total. The van der Waals surface area contributed by atoms with E-state index in [2.05, 4.69) is 5.32 Å². The molecule has 1 aliphatic rings. The lowest BCUT2D eigenvalue weighted by atomic mass is 9.88. The summed E-state index contributed by atoms with van der Waals surface area (Å²) in [6.07, 6.45) is 0.905. The van der Waals surface area contributed by atoms with Gasteiger partial charge in [0.2, 0.25) is 0 Å². The number of nitrogens with zero attached hydrogens (tertiary/aromatic N) is 1. The van der Waals surface area contributed by atoms with Gasteiger partial charge < -0.3 is 9.88 Å². The molecule has 0 radical (unpaired) electrons. The minimum absolute atomic E-state index is 0.0143. The molecule has 1 atom stereocenters. The van der Waals surface area contributed by atoms with E-state index in [0.29, 0.717) is 5.56 Å². The Kier molecular flexibility index (Phi) is 4.45. The van der Waals surface area contributed by atoms with Crippen LogP contribution >= 0.6 is 0 Å². The van der Waals surface area contributed by atoms with Crippen molar-refractivity contribution in [3.05, 3.63) is 69.6 Å². The van der Waals surface area contributed by atoms with Gasteiger partial charge in [-0.3, -0.25) is 9.59 Å². The Balaban J connectivity index is 1.88. The molecule has 0 spiro atoms. The molecule has 6 heteroatoms. The highest BCUT2D eigenvalue weighted by Gasteiger charge is 2.46. The van der Waals surface area contributed by atoms with Crippen LogP contribution in [0.25, 0.3) is 0 Å². The summed E-state index contributed by atoms with van der Waals surface area (Å²) in [5.41, 5.74) is 1.07. The van der Waals surface area contributed by atoms with Gasteiger partial charge in [0.25, 0.3) is 17.4 Å². The molecule has 1 saturated carbocycles. The quantitative estimate of drug-likeness (QED) is 0.924. The normalized spacial score (nSPS) is 17.6. The van der Waals surface area contributed by atoms with Crippen molar-refractivity contribution in [2.24, 2.45) is 0 Å². The fourth-order valence-corrected chi connectivity index (χ4v) is 3.14. The van der Waals surface area contributed by atoms with Crippen molar-refractivity contribution in [1.29, 1.82) is 0 Å². The van der Waals surface area contributed by atoms with Crippen molar-refractivity contribution in [2.45, 2.75) is 44.7 Å². The number of amides is 1. The van der Waals surface area contributed by atoms with Crippen LogP contribution in [0.3, 0.4) is 0 Å². The number of carbonyl (C=O) groups is 1. The van der Waals surface area contributed by atoms with E-state index < -0.39 is 23.4 Å². The Morgan fingerprint density at radius 1 is 1.24 bits per heavy atom. The topological polar surface area (TPSA) is 51.1 Å². The van der Waals surface area contributed by atoms with E-state index in [-0.39, 0.29) is 24.4 Å². The fraction of sp³-hybridized carbons (Fsp3) is 0.368. The molecule has 0 bridgehead atoms. The van der Waals surface area contributed by atoms with Crippen LogP contribution in [-0.2, 0) is 0 Å². The van der Waals surface area contributed by atoms with Crippen molar-refractivity contribution < 1.29 is 13.6 Å². The predicted octanol–water partition coefficient (Wildman–Crippen LogP) is 3.29. The highest BCUT2D eigenvalue weighted by atomic mass is 19.3. The van der Waals surface area contributed by atoms with E-state index >= 15 is 0 Å². The minimum Gasteiger partial charge on any atom is -0.349 e. The van der Waals surface area contributed by atoms with Crippen LogP contribution in [0.5, 0.6) is 0 Å². The first-order valence-electron chi connectivity index (χ1n) is 8.24. The molecular weight excluding hydrogens is 326 g/mol. The van der Waals surface area contributed by atoms with Gasteiger partial charge in [0, 0.05) is 25.1 Å². The summed E-state index contributed by atoms with van der Waals surface area (Å²) in [6.45, 7) is 3.55. The van der Waals surface area contributed by atoms with Crippen LogP contribution in [0.15, 0.2) is 47.4 Å². The third-order valence-electron chi connectivity index (χ3n) is 4.68. The molecule has 1 amide bonds. The smallest absolute Gasteiger partial charge is 0.264 e. The zero-order valence-electron chi connectivity index (χ0n) is 14.1. The summed E-state index contributed by atoms with van der Waals surface area (Å²) < 4.78 is 27.4. The third-order valence-corrected chi connectivity index (χ3v) is 4.68. The van der Waals surface area contributed by atoms with Crippen molar-refractivity contribution in [3.8, 4) is 0 Å². The van der Waals surface area contributed by atoms with Crippen molar-refractivity contribution in [1.82, 2.24) is 9.88 Å². The van der Waals surface area contributed by atoms with Gasteiger partial charge in [0.15, 0.2) is 0 Å². The molecular formula is C19H20F2N2O2. The van der Waals surface area contributed by atoms with Crippen molar-refractivity contribution >= 4 is 5.91 Å². The van der Waals surface area contributed by atoms with Crippen LogP contribution < -0.4 is 10.9 Å². The Morgan fingerprint density at radius 3 is 2.48 bits per heavy atom. The van der Waals surface area contributed by atoms with Gasteiger partial charge in [-0.05, 0) is 31.0 Å². The summed E-state index contributed by atoms with van der Waals surface area (Å²) in [5.74, 6) is -3.30. The summed E-state index contributed by atoms with van der Waals surface area (Å²) in [5, 5.41) is 2.54. The van der Waals surface area contributed by atoms with Gasteiger partial charge in [-0.15, -0.1) is 0 Å². The second kappa shape index (κ2) is 6.43. The first-order chi connectivity index (χ1) is 11.8. The molecule has 1 heterocycles. The summed E-state index contributed by atoms with van der Waals surface area (Å²) in [6, 6.07) is 10.4. The molecule has 1 N–H and O–H groups in total. The molecule has 25 heavy (non-hydrogen) atoms. The highest BCUT2D eigenvalue weighted by Crippen LogP contribution is 2.37. The van der Waals surface area contributed by atoms with E-state index in [0.717, 1.165) is 5.56 Å². The van der Waals surface area contributed by atoms with Gasteiger partial charge in [0.1, 0.15) is 5.56 Å². The van der Waals surface area contributed by atoms with Crippen molar-refractivity contribution in [3.63, 3.8) is 0 Å². The Hall–Kier alpha value is -2.50. The number of rotatable bonds is 4. The van der Waals surface area contributed by atoms with Crippen LogP contribution in [0.4, 0.5) is 8.78 Å². The number of alkyl halides is 2. The van der Waals surface area contributed by atoms with Gasteiger partial charge in [-0.1, -0.05) is 30.3 Å². The minimum atomic E-state index is -2.72. The molecule has 0 aliphatic heterocycles. The van der Waals surface area contributed by atoms with Gasteiger partial charge >= 0.3 is 0 Å². The Labute approximate surface area is 144 Å². The Morgan fingerprint density at radius 2 is 1.88 bits per heavy atom. The maximum Gasteiger partial charge on any atom is 0.264 e. The average Bonchev–Trinajstić information content (AvgIpc) is 2.53. The number of pyridine rings is 1. The fourth-order valence-electron chi connectivity index (χ4n) is 3.14. The summed E-state index contributed by atoms with van der Waals surface area (Å²) in [4.78, 5) is 25.3. The summed E-state index contributed by atoms with van der Waals surface area (Å²) >= 11 is 0. The molecule has 1 aromatic heterocycles. The standard InChI is InChI=1S/C19H20F2N2O2/c1-12-8-9-23(13(2)14-6-4-3-5-7-14)18(25)16(12)17(24)22-15-10-19(20,21)11-15/h3-9,13,15H,10-11H2,1-2H3,(H,22,24). The maximum absolute atomic E-state index is 12.9. The molecule has 1 fully saturated rings. The number of aryl methyl sites for hydroxylation is 1. The predicted molar refractivity (Wildman–Crippen MR) is 91.1 cm³/mol. The molecule has 2 aromatic rings. The lowest BCUT2D eigenvalue weighted by Crippen LogP contribution is -2.51. The summed E-state index contributed by atoms with van der Waals surface area (Å²) in [7, 11) is 0. The lowest BCUT2D eigenvalue weighted by Gasteiger charge is -2.35. The van der Waals surface area contributed by atoms with E-state index in [1.165, 1.54) is 4.57 Å². The number of carbonyl (C=O) groups excluding carboxylic acids is 1. The van der Waals surface area contributed by atoms with Crippen molar-refractivity contribution in [2.75, 3.05) is 0 Å². The number of halogens is 2. The average molecular weight is 346 g/mol. The number of hydrogen-bond donors (Lipinski definition) is 1. The van der Waals surface area contributed by atoms with Crippen LogP contribution in [0, 0.1) is 6.92 Å². The SMILES string of the molecule is Cc1ccn(C(C)c2ccccc2)c(=O)c1C(=O)NC1CC(F)(F)C1. The molecule has 0 saturated heterocycles.